The monoisotopic (exact) mass is 216 g/mol. The number of carbonyl (C=O) groups excluding carboxylic acids is 1. The summed E-state index contributed by atoms with van der Waals surface area (Å²) >= 11 is 5.07. The largest absolute Gasteiger partial charge is 0.388 e. The predicted octanol–water partition coefficient (Wildman–Crippen LogP) is 0.841. The first-order valence-electron chi connectivity index (χ1n) is 4.51. The molecule has 0 aromatic heterocycles. The first-order valence-corrected chi connectivity index (χ1v) is 4.91. The highest BCUT2D eigenvalue weighted by molar-refractivity contribution is 7.80. The van der Waals surface area contributed by atoms with E-state index in [1.807, 2.05) is 0 Å². The van der Waals surface area contributed by atoms with Crippen molar-refractivity contribution in [3.8, 4) is 0 Å². The van der Waals surface area contributed by atoms with Crippen molar-refractivity contribution in [1.29, 1.82) is 0 Å². The summed E-state index contributed by atoms with van der Waals surface area (Å²) in [5.74, 6) is 0. The second-order valence-corrected chi connectivity index (χ2v) is 4.69. The highest BCUT2D eigenvalue weighted by Crippen LogP contribution is 2.24. The van der Waals surface area contributed by atoms with Crippen LogP contribution in [0.1, 0.15) is 20.3 Å². The maximum Gasteiger partial charge on any atom is 0.324 e. The number of aliphatic hydroxyl groups is 1. The average Bonchev–Trinajstić information content (AvgIpc) is 2.06. The Morgan fingerprint density at radius 2 is 2.00 bits per heavy atom. The molecule has 2 amide bonds. The number of amides is 2. The van der Waals surface area contributed by atoms with Crippen LogP contribution in [-0.2, 0) is 0 Å². The number of hydrogen-bond acceptors (Lipinski definition) is 3. The Bertz CT molecular complexity index is 272. The molecule has 0 spiro atoms. The van der Waals surface area contributed by atoms with Crippen LogP contribution in [0.4, 0.5) is 4.79 Å². The van der Waals surface area contributed by atoms with Crippen LogP contribution in [0.15, 0.2) is 0 Å². The lowest BCUT2D eigenvalue weighted by atomic mass is 9.93. The van der Waals surface area contributed by atoms with Crippen molar-refractivity contribution in [3.63, 3.8) is 0 Å². The minimum atomic E-state index is -0.921. The Balaban J connectivity index is 2.92. The van der Waals surface area contributed by atoms with Gasteiger partial charge in [-0.3, -0.25) is 4.90 Å². The number of urea groups is 1. The summed E-state index contributed by atoms with van der Waals surface area (Å²) in [6, 6.07) is -0.396. The molecular formula is C9H16N2O2S. The number of nitrogens with zero attached hydrogens (tertiary/aromatic N) is 2. The zero-order chi connectivity index (χ0) is 11.1. The van der Waals surface area contributed by atoms with Crippen molar-refractivity contribution < 1.29 is 9.90 Å². The fourth-order valence-electron chi connectivity index (χ4n) is 1.64. The molecule has 5 heteroatoms. The van der Waals surface area contributed by atoms with Gasteiger partial charge in [0.1, 0.15) is 0 Å². The van der Waals surface area contributed by atoms with Gasteiger partial charge >= 0.3 is 6.03 Å². The van der Waals surface area contributed by atoms with Gasteiger partial charge in [0, 0.05) is 20.5 Å². The first kappa shape index (κ1) is 11.4. The summed E-state index contributed by atoms with van der Waals surface area (Å²) in [7, 11) is 3.34. The quantitative estimate of drug-likeness (QED) is 0.661. The lowest BCUT2D eigenvalue weighted by Crippen LogP contribution is -2.59. The minimum Gasteiger partial charge on any atom is -0.388 e. The molecule has 14 heavy (non-hydrogen) atoms. The molecule has 0 aliphatic carbocycles. The van der Waals surface area contributed by atoms with E-state index < -0.39 is 5.60 Å². The van der Waals surface area contributed by atoms with Crippen molar-refractivity contribution in [2.24, 2.45) is 0 Å². The van der Waals surface area contributed by atoms with Crippen LogP contribution in [-0.4, -0.2) is 51.7 Å². The van der Waals surface area contributed by atoms with E-state index in [0.717, 1.165) is 0 Å². The molecule has 1 saturated heterocycles. The fraction of sp³-hybridized carbons (Fsp3) is 0.778. The van der Waals surface area contributed by atoms with Crippen molar-refractivity contribution in [2.45, 2.75) is 31.9 Å². The van der Waals surface area contributed by atoms with Crippen molar-refractivity contribution in [1.82, 2.24) is 9.80 Å². The summed E-state index contributed by atoms with van der Waals surface area (Å²) < 4.78 is 0. The van der Waals surface area contributed by atoms with E-state index in [1.54, 1.807) is 27.9 Å². The van der Waals surface area contributed by atoms with Crippen LogP contribution in [0.25, 0.3) is 0 Å². The second kappa shape index (κ2) is 3.47. The zero-order valence-electron chi connectivity index (χ0n) is 8.94. The molecular weight excluding hydrogens is 200 g/mol. The van der Waals surface area contributed by atoms with Gasteiger partial charge in [-0.15, -0.1) is 0 Å². The topological polar surface area (TPSA) is 43.8 Å². The van der Waals surface area contributed by atoms with Crippen LogP contribution in [0.5, 0.6) is 0 Å². The van der Waals surface area contributed by atoms with Crippen LogP contribution < -0.4 is 0 Å². The van der Waals surface area contributed by atoms with Crippen LogP contribution >= 0.6 is 12.2 Å². The lowest BCUT2D eigenvalue weighted by molar-refractivity contribution is -0.00253. The van der Waals surface area contributed by atoms with Crippen LogP contribution in [0, 0.1) is 0 Å². The van der Waals surface area contributed by atoms with Crippen LogP contribution in [0.3, 0.4) is 0 Å². The van der Waals surface area contributed by atoms with E-state index in [9.17, 15) is 9.90 Å². The molecule has 4 nitrogen and oxygen atoms in total. The highest BCUT2D eigenvalue weighted by atomic mass is 32.1. The summed E-state index contributed by atoms with van der Waals surface area (Å²) in [6.07, 6.45) is 0.539. The molecule has 80 valence electrons. The van der Waals surface area contributed by atoms with Crippen molar-refractivity contribution in [3.05, 3.63) is 0 Å². The number of rotatable bonds is 1. The molecule has 0 aromatic rings. The molecule has 1 unspecified atom stereocenters. The summed E-state index contributed by atoms with van der Waals surface area (Å²) in [5.41, 5.74) is -0.921. The third kappa shape index (κ3) is 1.88. The minimum absolute atomic E-state index is 0.159. The summed E-state index contributed by atoms with van der Waals surface area (Å²) in [6.45, 7) is 3.38. The summed E-state index contributed by atoms with van der Waals surface area (Å²) in [5, 5.41) is 9.86. The Kier molecular flexibility index (Phi) is 2.83. The lowest BCUT2D eigenvalue weighted by Gasteiger charge is -2.43. The smallest absolute Gasteiger partial charge is 0.324 e. The fourth-order valence-corrected chi connectivity index (χ4v) is 1.88. The van der Waals surface area contributed by atoms with Crippen molar-refractivity contribution in [2.75, 3.05) is 14.1 Å². The Labute approximate surface area is 89.5 Å². The molecule has 0 radical (unpaired) electrons. The van der Waals surface area contributed by atoms with Gasteiger partial charge in [0.2, 0.25) is 0 Å². The molecule has 1 aliphatic rings. The molecule has 1 rings (SSSR count). The Morgan fingerprint density at radius 3 is 2.43 bits per heavy atom. The Hall–Kier alpha value is -0.680. The molecule has 1 fully saturated rings. The van der Waals surface area contributed by atoms with E-state index in [0.29, 0.717) is 11.4 Å². The third-order valence-corrected chi connectivity index (χ3v) is 3.05. The molecule has 1 aliphatic heterocycles. The molecule has 1 atom stereocenters. The predicted molar refractivity (Wildman–Crippen MR) is 58.2 cm³/mol. The number of carbonyl (C=O) groups is 1. The van der Waals surface area contributed by atoms with Gasteiger partial charge in [-0.1, -0.05) is 12.2 Å². The van der Waals surface area contributed by atoms with Gasteiger partial charge in [-0.25, -0.2) is 4.79 Å². The van der Waals surface area contributed by atoms with Gasteiger partial charge in [0.25, 0.3) is 0 Å². The van der Waals surface area contributed by atoms with Gasteiger partial charge < -0.3 is 10.0 Å². The maximum absolute atomic E-state index is 11.6. The molecule has 0 aromatic carbocycles. The van der Waals surface area contributed by atoms with Crippen LogP contribution in [0.2, 0.25) is 0 Å². The van der Waals surface area contributed by atoms with Gasteiger partial charge in [-0.05, 0) is 13.8 Å². The number of hydrogen-bond donors (Lipinski definition) is 1. The van der Waals surface area contributed by atoms with E-state index in [2.05, 4.69) is 0 Å². The number of likely N-dealkylation sites (N-methyl/N-ethyl adjacent to an activating group) is 1. The zero-order valence-corrected chi connectivity index (χ0v) is 9.76. The molecule has 0 saturated carbocycles. The van der Waals surface area contributed by atoms with E-state index in [-0.39, 0.29) is 12.1 Å². The average molecular weight is 216 g/mol. The standard InChI is InChI=1S/C9H16N2O2S/c1-9(2,13)6-5-7(14)11(4)8(12)10(6)3/h6,13H,5H2,1-4H3. The maximum atomic E-state index is 11.6. The molecule has 1 heterocycles. The molecule has 0 bridgehead atoms. The van der Waals surface area contributed by atoms with E-state index in [4.69, 9.17) is 12.2 Å². The first-order chi connectivity index (χ1) is 6.25. The normalized spacial score (nSPS) is 24.5. The SMILES string of the molecule is CN1C(=O)N(C)C(C(C)(C)O)CC1=S. The van der Waals surface area contributed by atoms with Gasteiger partial charge in [0.15, 0.2) is 0 Å². The molecule has 1 N–H and O–H groups in total. The summed E-state index contributed by atoms with van der Waals surface area (Å²) in [4.78, 5) is 15.2. The van der Waals surface area contributed by atoms with E-state index in [1.165, 1.54) is 9.80 Å². The third-order valence-electron chi connectivity index (χ3n) is 2.61. The van der Waals surface area contributed by atoms with E-state index >= 15 is 0 Å². The highest BCUT2D eigenvalue weighted by Gasteiger charge is 2.39. The number of thiocarbonyl (C=S) groups is 1. The van der Waals surface area contributed by atoms with Gasteiger partial charge in [-0.2, -0.15) is 0 Å². The van der Waals surface area contributed by atoms with Crippen molar-refractivity contribution >= 4 is 23.2 Å². The van der Waals surface area contributed by atoms with Gasteiger partial charge in [0.05, 0.1) is 16.6 Å². The second-order valence-electron chi connectivity index (χ2n) is 4.22. The Morgan fingerprint density at radius 1 is 1.50 bits per heavy atom.